The van der Waals surface area contributed by atoms with E-state index in [2.05, 4.69) is 10.3 Å². The molecule has 6 nitrogen and oxygen atoms in total. The third kappa shape index (κ3) is 4.36. The van der Waals surface area contributed by atoms with E-state index < -0.39 is 0 Å². The first-order chi connectivity index (χ1) is 12.2. The predicted octanol–water partition coefficient (Wildman–Crippen LogP) is 3.03. The Balaban J connectivity index is 1.52. The van der Waals surface area contributed by atoms with E-state index in [0.29, 0.717) is 43.2 Å². The summed E-state index contributed by atoms with van der Waals surface area (Å²) in [6.07, 6.45) is 3.00. The summed E-state index contributed by atoms with van der Waals surface area (Å²) < 4.78 is 5.40. The molecule has 1 aliphatic rings. The van der Waals surface area contributed by atoms with E-state index in [4.69, 9.17) is 4.74 Å². The summed E-state index contributed by atoms with van der Waals surface area (Å²) in [5, 5.41) is 5.29. The van der Waals surface area contributed by atoms with Crippen molar-refractivity contribution in [2.75, 3.05) is 25.0 Å². The van der Waals surface area contributed by atoms with Gasteiger partial charge in [0.1, 0.15) is 5.75 Å². The monoisotopic (exact) mass is 359 g/mol. The molecule has 1 N–H and O–H groups in total. The van der Waals surface area contributed by atoms with Crippen LogP contribution in [0, 0.1) is 5.92 Å². The molecule has 2 aromatic rings. The highest BCUT2D eigenvalue weighted by Crippen LogP contribution is 2.22. The van der Waals surface area contributed by atoms with Gasteiger partial charge in [-0.3, -0.25) is 9.59 Å². The quantitative estimate of drug-likeness (QED) is 0.891. The maximum absolute atomic E-state index is 12.6. The van der Waals surface area contributed by atoms with E-state index in [-0.39, 0.29) is 17.7 Å². The highest BCUT2D eigenvalue weighted by atomic mass is 32.1. The average Bonchev–Trinajstić information content (AvgIpc) is 3.15. The van der Waals surface area contributed by atoms with Crippen LogP contribution in [0.5, 0.6) is 5.75 Å². The van der Waals surface area contributed by atoms with Gasteiger partial charge in [0.2, 0.25) is 5.91 Å². The summed E-state index contributed by atoms with van der Waals surface area (Å²) in [5.74, 6) is 0.676. The van der Waals surface area contributed by atoms with Crippen molar-refractivity contribution in [3.05, 3.63) is 41.4 Å². The molecule has 1 saturated heterocycles. The highest BCUT2D eigenvalue weighted by molar-refractivity contribution is 7.13. The van der Waals surface area contributed by atoms with Gasteiger partial charge in [-0.05, 0) is 44.0 Å². The molecule has 0 spiro atoms. The zero-order chi connectivity index (χ0) is 17.6. The van der Waals surface area contributed by atoms with Crippen molar-refractivity contribution < 1.29 is 14.3 Å². The summed E-state index contributed by atoms with van der Waals surface area (Å²) in [5.41, 5.74) is 0.647. The molecular weight excluding hydrogens is 338 g/mol. The number of likely N-dealkylation sites (tertiary alicyclic amines) is 1. The normalized spacial score (nSPS) is 15.0. The van der Waals surface area contributed by atoms with E-state index in [1.165, 1.54) is 11.3 Å². The van der Waals surface area contributed by atoms with Crippen LogP contribution >= 0.6 is 11.3 Å². The van der Waals surface area contributed by atoms with Gasteiger partial charge in [-0.1, -0.05) is 0 Å². The molecule has 0 aliphatic carbocycles. The molecular formula is C18H21N3O3S. The van der Waals surface area contributed by atoms with Crippen LogP contribution in [-0.4, -0.2) is 41.4 Å². The molecule has 3 rings (SSSR count). The molecule has 7 heteroatoms. The summed E-state index contributed by atoms with van der Waals surface area (Å²) >= 11 is 1.40. The minimum absolute atomic E-state index is 0.00169. The number of hydrogen-bond donors (Lipinski definition) is 1. The molecule has 0 atom stereocenters. The lowest BCUT2D eigenvalue weighted by Gasteiger charge is -2.31. The Bertz CT molecular complexity index is 708. The van der Waals surface area contributed by atoms with Crippen LogP contribution in [-0.2, 0) is 4.79 Å². The number of piperidine rings is 1. The fraction of sp³-hybridized carbons (Fsp3) is 0.389. The van der Waals surface area contributed by atoms with Crippen LogP contribution in [0.15, 0.2) is 35.8 Å². The number of aromatic nitrogens is 1. The molecule has 1 fully saturated rings. The molecule has 2 amide bonds. The second-order valence-electron chi connectivity index (χ2n) is 5.85. The SMILES string of the molecule is CCOc1ccc(C(=O)N2CCC(C(=O)Nc3nccs3)CC2)cc1. The number of benzene rings is 1. The number of thiazole rings is 1. The number of carbonyl (C=O) groups excluding carboxylic acids is 2. The molecule has 1 aliphatic heterocycles. The number of nitrogens with zero attached hydrogens (tertiary/aromatic N) is 2. The average molecular weight is 359 g/mol. The van der Waals surface area contributed by atoms with Gasteiger partial charge in [-0.25, -0.2) is 4.98 Å². The second kappa shape index (κ2) is 8.11. The van der Waals surface area contributed by atoms with Gasteiger partial charge in [-0.15, -0.1) is 11.3 Å². The Morgan fingerprint density at radius 3 is 2.60 bits per heavy atom. The minimum atomic E-state index is -0.0757. The third-order valence-corrected chi connectivity index (χ3v) is 4.92. The topological polar surface area (TPSA) is 71.5 Å². The van der Waals surface area contributed by atoms with Crippen molar-refractivity contribution in [2.24, 2.45) is 5.92 Å². The number of hydrogen-bond acceptors (Lipinski definition) is 5. The van der Waals surface area contributed by atoms with Gasteiger partial charge in [0.15, 0.2) is 5.13 Å². The summed E-state index contributed by atoms with van der Waals surface area (Å²) in [6.45, 7) is 3.70. The van der Waals surface area contributed by atoms with Crippen molar-refractivity contribution in [1.29, 1.82) is 0 Å². The molecule has 132 valence electrons. The van der Waals surface area contributed by atoms with Crippen molar-refractivity contribution in [2.45, 2.75) is 19.8 Å². The minimum Gasteiger partial charge on any atom is -0.494 e. The zero-order valence-electron chi connectivity index (χ0n) is 14.1. The molecule has 0 bridgehead atoms. The van der Waals surface area contributed by atoms with Gasteiger partial charge in [0, 0.05) is 36.1 Å². The zero-order valence-corrected chi connectivity index (χ0v) is 14.9. The van der Waals surface area contributed by atoms with E-state index in [1.807, 2.05) is 29.3 Å². The van der Waals surface area contributed by atoms with Crippen molar-refractivity contribution in [3.63, 3.8) is 0 Å². The largest absolute Gasteiger partial charge is 0.494 e. The number of amides is 2. The summed E-state index contributed by atoms with van der Waals surface area (Å²) in [6, 6.07) is 7.19. The van der Waals surface area contributed by atoms with Crippen LogP contribution in [0.3, 0.4) is 0 Å². The van der Waals surface area contributed by atoms with Gasteiger partial charge in [0.05, 0.1) is 6.61 Å². The first-order valence-electron chi connectivity index (χ1n) is 8.40. The molecule has 0 unspecified atom stereocenters. The number of nitrogens with one attached hydrogen (secondary N) is 1. The second-order valence-corrected chi connectivity index (χ2v) is 6.74. The lowest BCUT2D eigenvalue weighted by molar-refractivity contribution is -0.121. The van der Waals surface area contributed by atoms with Gasteiger partial charge in [-0.2, -0.15) is 0 Å². The standard InChI is InChI=1S/C18H21N3O3S/c1-2-24-15-5-3-14(4-6-15)17(23)21-10-7-13(8-11-21)16(22)20-18-19-9-12-25-18/h3-6,9,12-13H,2,7-8,10-11H2,1H3,(H,19,20,22). The van der Waals surface area contributed by atoms with E-state index in [0.717, 1.165) is 5.75 Å². The smallest absolute Gasteiger partial charge is 0.253 e. The Hall–Kier alpha value is -2.41. The van der Waals surface area contributed by atoms with Gasteiger partial charge < -0.3 is 15.0 Å². The Morgan fingerprint density at radius 2 is 2.00 bits per heavy atom. The number of rotatable bonds is 5. The van der Waals surface area contributed by atoms with Crippen LogP contribution < -0.4 is 10.1 Å². The fourth-order valence-electron chi connectivity index (χ4n) is 2.88. The van der Waals surface area contributed by atoms with Crippen molar-refractivity contribution in [1.82, 2.24) is 9.88 Å². The Kier molecular flexibility index (Phi) is 5.65. The van der Waals surface area contributed by atoms with E-state index in [9.17, 15) is 9.59 Å². The lowest BCUT2D eigenvalue weighted by Crippen LogP contribution is -2.41. The molecule has 0 saturated carbocycles. The fourth-order valence-corrected chi connectivity index (χ4v) is 3.41. The predicted molar refractivity (Wildman–Crippen MR) is 97.0 cm³/mol. The first-order valence-corrected chi connectivity index (χ1v) is 9.28. The van der Waals surface area contributed by atoms with E-state index in [1.54, 1.807) is 18.3 Å². The Morgan fingerprint density at radius 1 is 1.28 bits per heavy atom. The molecule has 1 aromatic carbocycles. The first kappa shape index (κ1) is 17.4. The summed E-state index contributed by atoms with van der Waals surface area (Å²) in [7, 11) is 0. The third-order valence-electron chi connectivity index (χ3n) is 4.23. The number of ether oxygens (including phenoxy) is 1. The molecule has 2 heterocycles. The van der Waals surface area contributed by atoms with Crippen LogP contribution in [0.1, 0.15) is 30.1 Å². The Labute approximate surface area is 150 Å². The molecule has 1 aromatic heterocycles. The van der Waals surface area contributed by atoms with Gasteiger partial charge >= 0.3 is 0 Å². The molecule has 25 heavy (non-hydrogen) atoms. The van der Waals surface area contributed by atoms with Gasteiger partial charge in [0.25, 0.3) is 5.91 Å². The highest BCUT2D eigenvalue weighted by Gasteiger charge is 2.28. The number of carbonyl (C=O) groups is 2. The van der Waals surface area contributed by atoms with Crippen molar-refractivity contribution >= 4 is 28.3 Å². The van der Waals surface area contributed by atoms with Crippen LogP contribution in [0.25, 0.3) is 0 Å². The lowest BCUT2D eigenvalue weighted by atomic mass is 9.95. The summed E-state index contributed by atoms with van der Waals surface area (Å²) in [4.78, 5) is 30.7. The number of anilines is 1. The maximum Gasteiger partial charge on any atom is 0.253 e. The van der Waals surface area contributed by atoms with E-state index >= 15 is 0 Å². The maximum atomic E-state index is 12.6. The molecule has 0 radical (unpaired) electrons. The van der Waals surface area contributed by atoms with Crippen molar-refractivity contribution in [3.8, 4) is 5.75 Å². The van der Waals surface area contributed by atoms with Crippen LogP contribution in [0.4, 0.5) is 5.13 Å². The van der Waals surface area contributed by atoms with Crippen LogP contribution in [0.2, 0.25) is 0 Å².